The lowest BCUT2D eigenvalue weighted by Gasteiger charge is -1.94. The van der Waals surface area contributed by atoms with Gasteiger partial charge in [0.15, 0.2) is 0 Å². The zero-order valence-electron chi connectivity index (χ0n) is 5.86. The molecule has 0 fully saturated rings. The normalized spacial score (nSPS) is 10.5. The summed E-state index contributed by atoms with van der Waals surface area (Å²) in [6.45, 7) is 0. The first-order valence-corrected chi connectivity index (χ1v) is 4.96. The van der Waals surface area contributed by atoms with Crippen molar-refractivity contribution in [1.29, 1.82) is 0 Å². The quantitative estimate of drug-likeness (QED) is 0.755. The monoisotopic (exact) mass is 254 g/mol. The molecule has 68 valence electrons. The lowest BCUT2D eigenvalue weighted by molar-refractivity contribution is 0.483. The highest BCUT2D eigenvalue weighted by Crippen LogP contribution is 2.13. The molecule has 0 radical (unpaired) electrons. The van der Waals surface area contributed by atoms with Crippen LogP contribution in [-0.4, -0.2) is 18.4 Å². The molecule has 0 saturated carbocycles. The van der Waals surface area contributed by atoms with Crippen LogP contribution in [0.2, 0.25) is 0 Å². The smallest absolute Gasteiger partial charge is 0.294 e. The first kappa shape index (κ1) is 11.6. The maximum absolute atomic E-state index is 10.5. The summed E-state index contributed by atoms with van der Waals surface area (Å²) in [6, 6.07) is 5.73. The van der Waals surface area contributed by atoms with E-state index in [-0.39, 0.29) is 10.4 Å². The minimum absolute atomic E-state index is 0. The second kappa shape index (κ2) is 3.99. The Morgan fingerprint density at radius 2 is 1.58 bits per heavy atom. The predicted octanol–water partition coefficient (Wildman–Crippen LogP) is 0.871. The first-order chi connectivity index (χ1) is 5.00. The molecule has 1 aromatic carbocycles. The van der Waals surface area contributed by atoms with Crippen LogP contribution < -0.4 is 0 Å². The minimum atomic E-state index is -4.04. The molecule has 0 aromatic heterocycles. The van der Waals surface area contributed by atoms with Gasteiger partial charge in [-0.2, -0.15) is 8.42 Å². The summed E-state index contributed by atoms with van der Waals surface area (Å²) < 4.78 is 30.3. The summed E-state index contributed by atoms with van der Waals surface area (Å²) in [5, 5.41) is 0. The molecule has 0 atom stereocenters. The second-order valence-corrected chi connectivity index (χ2v) is 4.27. The summed E-state index contributed by atoms with van der Waals surface area (Å²) in [5.41, 5.74) is 0. The highest BCUT2D eigenvalue weighted by molar-refractivity contribution is 9.10. The van der Waals surface area contributed by atoms with Gasteiger partial charge in [-0.3, -0.25) is 4.55 Å². The number of halogens is 1. The molecule has 6 heteroatoms. The van der Waals surface area contributed by atoms with E-state index < -0.39 is 10.1 Å². The molecule has 1 aromatic rings. The van der Waals surface area contributed by atoms with Crippen LogP contribution in [-0.2, 0) is 10.1 Å². The van der Waals surface area contributed by atoms with Crippen molar-refractivity contribution in [2.75, 3.05) is 0 Å². The highest BCUT2D eigenvalue weighted by atomic mass is 79.9. The molecule has 0 unspecified atom stereocenters. The summed E-state index contributed by atoms with van der Waals surface area (Å²) in [7, 11) is -4.04. The van der Waals surface area contributed by atoms with E-state index in [4.69, 9.17) is 4.55 Å². The molecule has 0 saturated heterocycles. The Labute approximate surface area is 78.4 Å². The van der Waals surface area contributed by atoms with Crippen molar-refractivity contribution in [2.24, 2.45) is 0 Å². The maximum Gasteiger partial charge on any atom is 0.294 e. The fourth-order valence-electron chi connectivity index (χ4n) is 0.607. The Kier molecular flexibility index (Phi) is 3.85. The van der Waals surface area contributed by atoms with Crippen molar-refractivity contribution in [3.63, 3.8) is 0 Å². The Morgan fingerprint density at radius 1 is 1.17 bits per heavy atom. The van der Waals surface area contributed by atoms with Gasteiger partial charge >= 0.3 is 0 Å². The van der Waals surface area contributed by atoms with Crippen LogP contribution in [0.15, 0.2) is 33.6 Å². The van der Waals surface area contributed by atoms with Gasteiger partial charge in [-0.15, -0.1) is 0 Å². The summed E-state index contributed by atoms with van der Waals surface area (Å²) in [4.78, 5) is -0.0966. The van der Waals surface area contributed by atoms with Gasteiger partial charge in [0, 0.05) is 4.47 Å². The van der Waals surface area contributed by atoms with Crippen LogP contribution >= 0.6 is 15.9 Å². The third-order valence-corrected chi connectivity index (χ3v) is 2.51. The third-order valence-electron chi connectivity index (χ3n) is 1.11. The number of benzene rings is 1. The van der Waals surface area contributed by atoms with Gasteiger partial charge in [0.1, 0.15) is 0 Å². The zero-order valence-corrected chi connectivity index (χ0v) is 8.26. The van der Waals surface area contributed by atoms with Crippen molar-refractivity contribution in [3.8, 4) is 0 Å². The Bertz CT molecular complexity index is 342. The highest BCUT2D eigenvalue weighted by Gasteiger charge is 2.07. The maximum atomic E-state index is 10.5. The van der Waals surface area contributed by atoms with E-state index in [1.807, 2.05) is 0 Å². The van der Waals surface area contributed by atoms with Crippen LogP contribution in [0.5, 0.6) is 0 Å². The second-order valence-electron chi connectivity index (χ2n) is 1.93. The zero-order chi connectivity index (χ0) is 8.48. The topological polar surface area (TPSA) is 85.9 Å². The van der Waals surface area contributed by atoms with Gasteiger partial charge in [0.25, 0.3) is 10.1 Å². The van der Waals surface area contributed by atoms with Crippen LogP contribution in [0, 0.1) is 0 Å². The average molecular weight is 255 g/mol. The van der Waals surface area contributed by atoms with Gasteiger partial charge in [0.05, 0.1) is 4.90 Å². The van der Waals surface area contributed by atoms with Crippen molar-refractivity contribution < 1.29 is 18.4 Å². The standard InChI is InChI=1S/C6H5BrO3S.H2O/c7-5-1-3-6(4-2-5)11(8,9)10;/h1-4H,(H,8,9,10);1H2. The van der Waals surface area contributed by atoms with Gasteiger partial charge in [0.2, 0.25) is 0 Å². The summed E-state index contributed by atoms with van der Waals surface area (Å²) in [5.74, 6) is 0. The van der Waals surface area contributed by atoms with E-state index in [0.717, 1.165) is 4.47 Å². The summed E-state index contributed by atoms with van der Waals surface area (Å²) >= 11 is 3.14. The van der Waals surface area contributed by atoms with Gasteiger partial charge in [-0.05, 0) is 24.3 Å². The SMILES string of the molecule is O.O=S(=O)(O)c1ccc(Br)cc1. The molecule has 0 spiro atoms. The molecule has 3 N–H and O–H groups in total. The van der Waals surface area contributed by atoms with Crippen molar-refractivity contribution in [1.82, 2.24) is 0 Å². The van der Waals surface area contributed by atoms with Crippen LogP contribution in [0.4, 0.5) is 0 Å². The number of hydrogen-bond acceptors (Lipinski definition) is 2. The molecule has 0 aliphatic rings. The van der Waals surface area contributed by atoms with Gasteiger partial charge < -0.3 is 5.48 Å². The summed E-state index contributed by atoms with van der Waals surface area (Å²) in [6.07, 6.45) is 0. The first-order valence-electron chi connectivity index (χ1n) is 2.73. The molecular weight excluding hydrogens is 248 g/mol. The average Bonchev–Trinajstić information content (AvgIpc) is 1.86. The van der Waals surface area contributed by atoms with Gasteiger partial charge in [-0.25, -0.2) is 0 Å². The molecule has 4 nitrogen and oxygen atoms in total. The predicted molar refractivity (Wildman–Crippen MR) is 47.6 cm³/mol. The van der Waals surface area contributed by atoms with Crippen molar-refractivity contribution >= 4 is 26.0 Å². The Balaban J connectivity index is 0.00000121. The van der Waals surface area contributed by atoms with E-state index in [1.54, 1.807) is 12.1 Å². The van der Waals surface area contributed by atoms with Crippen LogP contribution in [0.25, 0.3) is 0 Å². The molecule has 0 bridgehead atoms. The van der Waals surface area contributed by atoms with Crippen LogP contribution in [0.3, 0.4) is 0 Å². The fraction of sp³-hybridized carbons (Fsp3) is 0. The lowest BCUT2D eigenvalue weighted by Crippen LogP contribution is -1.96. The van der Waals surface area contributed by atoms with Crippen molar-refractivity contribution in [2.45, 2.75) is 4.90 Å². The molecule has 1 rings (SSSR count). The fourth-order valence-corrected chi connectivity index (χ4v) is 1.35. The molecular formula is C6H7BrO4S. The van der Waals surface area contributed by atoms with E-state index in [9.17, 15) is 8.42 Å². The Morgan fingerprint density at radius 3 is 1.92 bits per heavy atom. The van der Waals surface area contributed by atoms with Crippen molar-refractivity contribution in [3.05, 3.63) is 28.7 Å². The molecule has 0 heterocycles. The Hall–Kier alpha value is -0.430. The number of rotatable bonds is 1. The number of hydrogen-bond donors (Lipinski definition) is 1. The lowest BCUT2D eigenvalue weighted by atomic mass is 10.4. The third kappa shape index (κ3) is 2.90. The van der Waals surface area contributed by atoms with E-state index >= 15 is 0 Å². The van der Waals surface area contributed by atoms with Crippen LogP contribution in [0.1, 0.15) is 0 Å². The molecule has 0 amide bonds. The van der Waals surface area contributed by atoms with E-state index in [1.165, 1.54) is 12.1 Å². The molecule has 0 aliphatic heterocycles. The van der Waals surface area contributed by atoms with E-state index in [2.05, 4.69) is 15.9 Å². The largest absolute Gasteiger partial charge is 0.412 e. The van der Waals surface area contributed by atoms with Gasteiger partial charge in [-0.1, -0.05) is 15.9 Å². The van der Waals surface area contributed by atoms with E-state index in [0.29, 0.717) is 0 Å². The molecule has 12 heavy (non-hydrogen) atoms. The minimum Gasteiger partial charge on any atom is -0.412 e. The molecule has 0 aliphatic carbocycles.